The Morgan fingerprint density at radius 3 is 1.50 bits per heavy atom. The molecule has 1 aliphatic rings. The summed E-state index contributed by atoms with van der Waals surface area (Å²) in [7, 11) is 0. The molecule has 0 radical (unpaired) electrons. The lowest BCUT2D eigenvalue weighted by Gasteiger charge is -2.41. The molecule has 0 atom stereocenters. The van der Waals surface area contributed by atoms with E-state index in [-0.39, 0.29) is 17.1 Å². The second kappa shape index (κ2) is 5.45. The second-order valence-electron chi connectivity index (χ2n) is 5.50. The first kappa shape index (κ1) is 15.2. The molecule has 0 N–H and O–H groups in total. The third kappa shape index (κ3) is 2.34. The van der Waals surface area contributed by atoms with Crippen molar-refractivity contribution in [3.63, 3.8) is 0 Å². The molecule has 2 amide bonds. The first-order chi connectivity index (χ1) is 8.30. The molecule has 1 saturated heterocycles. The smallest absolute Gasteiger partial charge is 0.324 e. The van der Waals surface area contributed by atoms with Crippen LogP contribution < -0.4 is 0 Å². The van der Waals surface area contributed by atoms with Crippen LogP contribution in [0.15, 0.2) is 0 Å². The quantitative estimate of drug-likeness (QED) is 0.734. The maximum atomic E-state index is 12.4. The first-order valence-electron chi connectivity index (χ1n) is 6.55. The van der Waals surface area contributed by atoms with E-state index in [9.17, 15) is 4.79 Å². The average Bonchev–Trinajstić information content (AvgIpc) is 2.40. The van der Waals surface area contributed by atoms with Gasteiger partial charge < -0.3 is 9.47 Å². The van der Waals surface area contributed by atoms with Crippen molar-refractivity contribution in [2.45, 2.75) is 52.6 Å². The largest absolute Gasteiger partial charge is 0.361 e. The maximum absolute atomic E-state index is 12.4. The van der Waals surface area contributed by atoms with Crippen molar-refractivity contribution in [1.82, 2.24) is 9.80 Å². The molecule has 1 aliphatic heterocycles. The minimum absolute atomic E-state index is 0.0214. The van der Waals surface area contributed by atoms with E-state index in [1.807, 2.05) is 13.8 Å². The Labute approximate surface area is 110 Å². The molecule has 1 rings (SSSR count). The summed E-state index contributed by atoms with van der Waals surface area (Å²) >= 11 is 0. The molecule has 1 fully saturated rings. The Hall–Kier alpha value is -0.810. The number of hydrogen-bond acceptors (Lipinski definition) is 3. The van der Waals surface area contributed by atoms with E-state index in [0.29, 0.717) is 26.7 Å². The fraction of sp³-hybridized carbons (Fsp3) is 0.923. The molecule has 0 aromatic heterocycles. The van der Waals surface area contributed by atoms with Crippen molar-refractivity contribution in [3.8, 4) is 0 Å². The number of ether oxygens (including phenoxy) is 2. The fourth-order valence-electron chi connectivity index (χ4n) is 2.08. The standard InChI is InChI=1S/C13H26N2O3/c1-7-17-9-14-11(16)15(10-18-8-2)13(5,6)12(14,3)4/h7-10H2,1-6H3. The van der Waals surface area contributed by atoms with Gasteiger partial charge in [-0.05, 0) is 41.5 Å². The van der Waals surface area contributed by atoms with Crippen LogP contribution in [0.5, 0.6) is 0 Å². The van der Waals surface area contributed by atoms with Crippen molar-refractivity contribution in [1.29, 1.82) is 0 Å². The van der Waals surface area contributed by atoms with Crippen LogP contribution in [0.4, 0.5) is 4.79 Å². The van der Waals surface area contributed by atoms with Gasteiger partial charge in [0, 0.05) is 13.2 Å². The second-order valence-corrected chi connectivity index (χ2v) is 5.50. The summed E-state index contributed by atoms with van der Waals surface area (Å²) in [5.41, 5.74) is -0.591. The molecule has 0 aromatic rings. The average molecular weight is 258 g/mol. The highest BCUT2D eigenvalue weighted by atomic mass is 16.5. The zero-order chi connectivity index (χ0) is 14.0. The molecule has 1 heterocycles. The van der Waals surface area contributed by atoms with Crippen LogP contribution in [0, 0.1) is 0 Å². The third-order valence-corrected chi connectivity index (χ3v) is 4.16. The molecular weight excluding hydrogens is 232 g/mol. The van der Waals surface area contributed by atoms with E-state index < -0.39 is 0 Å². The van der Waals surface area contributed by atoms with Crippen LogP contribution in [0.25, 0.3) is 0 Å². The van der Waals surface area contributed by atoms with Crippen LogP contribution in [0.1, 0.15) is 41.5 Å². The van der Waals surface area contributed by atoms with Crippen molar-refractivity contribution in [2.24, 2.45) is 0 Å². The van der Waals surface area contributed by atoms with Crippen molar-refractivity contribution < 1.29 is 14.3 Å². The normalized spacial score (nSPS) is 21.8. The molecular formula is C13H26N2O3. The van der Waals surface area contributed by atoms with E-state index in [4.69, 9.17) is 9.47 Å². The molecule has 0 saturated carbocycles. The molecule has 0 aliphatic carbocycles. The first-order valence-corrected chi connectivity index (χ1v) is 6.55. The van der Waals surface area contributed by atoms with Crippen LogP contribution in [0.2, 0.25) is 0 Å². The van der Waals surface area contributed by atoms with Gasteiger partial charge in [0.2, 0.25) is 0 Å². The molecule has 0 unspecified atom stereocenters. The number of carbonyl (C=O) groups is 1. The van der Waals surface area contributed by atoms with Crippen LogP contribution >= 0.6 is 0 Å². The van der Waals surface area contributed by atoms with Crippen molar-refractivity contribution >= 4 is 6.03 Å². The number of carbonyl (C=O) groups excluding carboxylic acids is 1. The van der Waals surface area contributed by atoms with Crippen LogP contribution in [-0.2, 0) is 9.47 Å². The van der Waals surface area contributed by atoms with Gasteiger partial charge in [0.1, 0.15) is 13.5 Å². The molecule has 5 nitrogen and oxygen atoms in total. The predicted octanol–water partition coefficient (Wildman–Crippen LogP) is 2.27. The zero-order valence-electron chi connectivity index (χ0n) is 12.4. The molecule has 106 valence electrons. The highest BCUT2D eigenvalue weighted by Gasteiger charge is 2.56. The summed E-state index contributed by atoms with van der Waals surface area (Å²) in [4.78, 5) is 16.0. The maximum Gasteiger partial charge on any atom is 0.324 e. The minimum Gasteiger partial charge on any atom is -0.361 e. The molecule has 18 heavy (non-hydrogen) atoms. The van der Waals surface area contributed by atoms with E-state index >= 15 is 0 Å². The lowest BCUT2D eigenvalue weighted by Crippen LogP contribution is -2.54. The number of urea groups is 1. The van der Waals surface area contributed by atoms with Crippen molar-refractivity contribution in [2.75, 3.05) is 26.7 Å². The van der Waals surface area contributed by atoms with E-state index in [0.717, 1.165) is 0 Å². The molecule has 5 heteroatoms. The van der Waals surface area contributed by atoms with Gasteiger partial charge in [-0.3, -0.25) is 9.80 Å². The lowest BCUT2D eigenvalue weighted by molar-refractivity contribution is -0.00750. The van der Waals surface area contributed by atoms with Crippen LogP contribution in [0.3, 0.4) is 0 Å². The van der Waals surface area contributed by atoms with E-state index in [2.05, 4.69) is 27.7 Å². The highest BCUT2D eigenvalue weighted by Crippen LogP contribution is 2.40. The summed E-state index contributed by atoms with van der Waals surface area (Å²) in [5, 5.41) is 0. The van der Waals surface area contributed by atoms with Gasteiger partial charge in [-0.15, -0.1) is 0 Å². The van der Waals surface area contributed by atoms with Gasteiger partial charge in [-0.1, -0.05) is 0 Å². The Morgan fingerprint density at radius 2 is 1.22 bits per heavy atom. The minimum atomic E-state index is -0.295. The SMILES string of the molecule is CCOCN1C(=O)N(COCC)C(C)(C)C1(C)C. The highest BCUT2D eigenvalue weighted by molar-refractivity contribution is 5.79. The van der Waals surface area contributed by atoms with Gasteiger partial charge in [-0.25, -0.2) is 4.79 Å². The fourth-order valence-corrected chi connectivity index (χ4v) is 2.08. The zero-order valence-corrected chi connectivity index (χ0v) is 12.4. The molecule has 0 aromatic carbocycles. The summed E-state index contributed by atoms with van der Waals surface area (Å²) in [6, 6.07) is -0.0214. The summed E-state index contributed by atoms with van der Waals surface area (Å²) < 4.78 is 10.8. The van der Waals surface area contributed by atoms with Gasteiger partial charge in [0.15, 0.2) is 0 Å². The number of rotatable bonds is 6. The Morgan fingerprint density at radius 1 is 0.889 bits per heavy atom. The summed E-state index contributed by atoms with van der Waals surface area (Å²) in [6.45, 7) is 14.0. The Balaban J connectivity index is 2.92. The van der Waals surface area contributed by atoms with Gasteiger partial charge in [0.05, 0.1) is 11.1 Å². The van der Waals surface area contributed by atoms with Gasteiger partial charge in [-0.2, -0.15) is 0 Å². The van der Waals surface area contributed by atoms with Gasteiger partial charge in [0.25, 0.3) is 0 Å². The van der Waals surface area contributed by atoms with Crippen molar-refractivity contribution in [3.05, 3.63) is 0 Å². The molecule has 0 spiro atoms. The predicted molar refractivity (Wildman–Crippen MR) is 70.2 cm³/mol. The topological polar surface area (TPSA) is 42.0 Å². The third-order valence-electron chi connectivity index (χ3n) is 4.16. The van der Waals surface area contributed by atoms with Crippen LogP contribution in [-0.4, -0.2) is 53.6 Å². The monoisotopic (exact) mass is 258 g/mol. The van der Waals surface area contributed by atoms with E-state index in [1.54, 1.807) is 9.80 Å². The molecule has 0 bridgehead atoms. The lowest BCUT2D eigenvalue weighted by atomic mass is 9.83. The number of nitrogens with zero attached hydrogens (tertiary/aromatic N) is 2. The Kier molecular flexibility index (Phi) is 4.61. The summed E-state index contributed by atoms with van der Waals surface area (Å²) in [6.07, 6.45) is 0. The number of amides is 2. The summed E-state index contributed by atoms with van der Waals surface area (Å²) in [5.74, 6) is 0. The number of hydrogen-bond donors (Lipinski definition) is 0. The van der Waals surface area contributed by atoms with E-state index in [1.165, 1.54) is 0 Å². The van der Waals surface area contributed by atoms with Gasteiger partial charge >= 0.3 is 6.03 Å². The Bertz CT molecular complexity index is 275.